The van der Waals surface area contributed by atoms with Crippen molar-refractivity contribution in [2.45, 2.75) is 6.54 Å². The average molecular weight is 409 g/mol. The van der Waals surface area contributed by atoms with Crippen molar-refractivity contribution in [2.24, 2.45) is 0 Å². The van der Waals surface area contributed by atoms with E-state index in [1.807, 2.05) is 24.3 Å². The monoisotopic (exact) mass is 409 g/mol. The van der Waals surface area contributed by atoms with E-state index in [9.17, 15) is 4.79 Å². The van der Waals surface area contributed by atoms with Crippen LogP contribution < -0.4 is 14.2 Å². The van der Waals surface area contributed by atoms with Gasteiger partial charge in [0.25, 0.3) is 0 Å². The van der Waals surface area contributed by atoms with E-state index in [0.29, 0.717) is 28.8 Å². The van der Waals surface area contributed by atoms with Crippen LogP contribution in [0.5, 0.6) is 17.2 Å². The van der Waals surface area contributed by atoms with E-state index in [2.05, 4.69) is 10.2 Å². The summed E-state index contributed by atoms with van der Waals surface area (Å²) in [7, 11) is 6.40. The minimum atomic E-state index is -0.184. The van der Waals surface area contributed by atoms with Crippen LogP contribution in [0.3, 0.4) is 0 Å². The third-order valence-corrected chi connectivity index (χ3v) is 4.38. The van der Waals surface area contributed by atoms with Crippen LogP contribution in [0, 0.1) is 0 Å². The van der Waals surface area contributed by atoms with E-state index in [4.69, 9.17) is 18.6 Å². The molecule has 2 aromatic carbocycles. The molecular formula is C22H23N3O5. The number of carbonyl (C=O) groups excluding carboxylic acids is 1. The number of hydrogen-bond donors (Lipinski definition) is 0. The van der Waals surface area contributed by atoms with Gasteiger partial charge >= 0.3 is 0 Å². The Balaban J connectivity index is 1.64. The summed E-state index contributed by atoms with van der Waals surface area (Å²) in [5, 5.41) is 8.09. The topological polar surface area (TPSA) is 86.9 Å². The van der Waals surface area contributed by atoms with E-state index in [1.54, 1.807) is 52.7 Å². The van der Waals surface area contributed by atoms with Gasteiger partial charge in [-0.2, -0.15) is 0 Å². The Labute approximate surface area is 174 Å². The Morgan fingerprint density at radius 3 is 2.40 bits per heavy atom. The number of hydrogen-bond acceptors (Lipinski definition) is 7. The first-order chi connectivity index (χ1) is 14.5. The smallest absolute Gasteiger partial charge is 0.247 e. The van der Waals surface area contributed by atoms with Crippen molar-refractivity contribution in [3.63, 3.8) is 0 Å². The third kappa shape index (κ3) is 4.96. The Morgan fingerprint density at radius 1 is 1.00 bits per heavy atom. The number of benzene rings is 2. The zero-order chi connectivity index (χ0) is 21.5. The van der Waals surface area contributed by atoms with Crippen LogP contribution in [0.2, 0.25) is 0 Å². The quantitative estimate of drug-likeness (QED) is 0.527. The van der Waals surface area contributed by atoms with Gasteiger partial charge in [-0.25, -0.2) is 0 Å². The Hall–Kier alpha value is -3.81. The first-order valence-corrected chi connectivity index (χ1v) is 9.16. The van der Waals surface area contributed by atoms with Gasteiger partial charge in [0.2, 0.25) is 17.7 Å². The standard InChI is InChI=1S/C22H23N3O5/c1-25(21(26)12-7-15-5-9-17(27-2)10-6-15)14-20-23-24-22(30-20)16-8-11-18(28-3)19(13-16)29-4/h5-13H,14H2,1-4H3/b12-7+. The summed E-state index contributed by atoms with van der Waals surface area (Å²) in [5.41, 5.74) is 1.59. The summed E-state index contributed by atoms with van der Waals surface area (Å²) >= 11 is 0. The largest absolute Gasteiger partial charge is 0.497 e. The van der Waals surface area contributed by atoms with Gasteiger partial charge < -0.3 is 23.5 Å². The maximum Gasteiger partial charge on any atom is 0.247 e. The van der Waals surface area contributed by atoms with Crippen LogP contribution >= 0.6 is 0 Å². The van der Waals surface area contributed by atoms with Crippen molar-refractivity contribution in [3.8, 4) is 28.7 Å². The molecule has 30 heavy (non-hydrogen) atoms. The number of amides is 1. The summed E-state index contributed by atoms with van der Waals surface area (Å²) in [4.78, 5) is 13.9. The van der Waals surface area contributed by atoms with E-state index < -0.39 is 0 Å². The van der Waals surface area contributed by atoms with E-state index in [-0.39, 0.29) is 12.5 Å². The van der Waals surface area contributed by atoms with Crippen LogP contribution in [0.1, 0.15) is 11.5 Å². The van der Waals surface area contributed by atoms with Crippen molar-refractivity contribution >= 4 is 12.0 Å². The maximum absolute atomic E-state index is 12.4. The number of carbonyl (C=O) groups is 1. The first-order valence-electron chi connectivity index (χ1n) is 9.16. The highest BCUT2D eigenvalue weighted by Gasteiger charge is 2.15. The van der Waals surface area contributed by atoms with Gasteiger partial charge in [-0.3, -0.25) is 4.79 Å². The van der Waals surface area contributed by atoms with Gasteiger partial charge in [-0.15, -0.1) is 10.2 Å². The van der Waals surface area contributed by atoms with Gasteiger partial charge in [0.05, 0.1) is 27.9 Å². The number of likely N-dealkylation sites (N-methyl/N-ethyl adjacent to an activating group) is 1. The molecule has 0 atom stereocenters. The van der Waals surface area contributed by atoms with Crippen LogP contribution in [0.15, 0.2) is 53.0 Å². The fourth-order valence-electron chi connectivity index (χ4n) is 2.69. The SMILES string of the molecule is COc1ccc(/C=C/C(=O)N(C)Cc2nnc(-c3ccc(OC)c(OC)c3)o2)cc1. The van der Waals surface area contributed by atoms with Crippen molar-refractivity contribution in [2.75, 3.05) is 28.4 Å². The highest BCUT2D eigenvalue weighted by molar-refractivity contribution is 5.91. The molecule has 0 N–H and O–H groups in total. The lowest BCUT2D eigenvalue weighted by atomic mass is 10.2. The van der Waals surface area contributed by atoms with E-state index in [1.165, 1.54) is 11.0 Å². The number of ether oxygens (including phenoxy) is 3. The van der Waals surface area contributed by atoms with Gasteiger partial charge in [0.1, 0.15) is 5.75 Å². The Morgan fingerprint density at radius 2 is 1.73 bits per heavy atom. The number of aromatic nitrogens is 2. The molecule has 8 nitrogen and oxygen atoms in total. The lowest BCUT2D eigenvalue weighted by Crippen LogP contribution is -2.24. The first kappa shape index (κ1) is 20.9. The molecule has 3 aromatic rings. The summed E-state index contributed by atoms with van der Waals surface area (Å²) in [6.07, 6.45) is 3.23. The number of nitrogens with zero attached hydrogens (tertiary/aromatic N) is 3. The molecule has 8 heteroatoms. The van der Waals surface area contributed by atoms with Gasteiger partial charge in [-0.1, -0.05) is 12.1 Å². The minimum Gasteiger partial charge on any atom is -0.497 e. The molecule has 0 fully saturated rings. The zero-order valence-corrected chi connectivity index (χ0v) is 17.3. The van der Waals surface area contributed by atoms with Crippen LogP contribution in [-0.2, 0) is 11.3 Å². The van der Waals surface area contributed by atoms with Gasteiger partial charge in [0.15, 0.2) is 11.5 Å². The molecule has 0 aliphatic carbocycles. The molecule has 0 bridgehead atoms. The van der Waals surface area contributed by atoms with Gasteiger partial charge in [-0.05, 0) is 42.0 Å². The molecule has 0 aliphatic rings. The highest BCUT2D eigenvalue weighted by Crippen LogP contribution is 2.31. The predicted octanol–water partition coefficient (Wildman–Crippen LogP) is 3.43. The van der Waals surface area contributed by atoms with Crippen molar-refractivity contribution in [3.05, 3.63) is 60.0 Å². The lowest BCUT2D eigenvalue weighted by molar-refractivity contribution is -0.125. The molecular weight excluding hydrogens is 386 g/mol. The summed E-state index contributed by atoms with van der Waals surface area (Å²) in [6, 6.07) is 12.7. The van der Waals surface area contributed by atoms with E-state index >= 15 is 0 Å². The normalized spacial score (nSPS) is 10.8. The molecule has 0 saturated carbocycles. The number of rotatable bonds is 8. The molecule has 0 aliphatic heterocycles. The minimum absolute atomic E-state index is 0.184. The fraction of sp³-hybridized carbons (Fsp3) is 0.227. The molecule has 3 rings (SSSR count). The second-order valence-electron chi connectivity index (χ2n) is 6.37. The summed E-state index contributed by atoms with van der Waals surface area (Å²) < 4.78 is 21.3. The summed E-state index contributed by atoms with van der Waals surface area (Å²) in [5.74, 6) is 2.41. The molecule has 0 spiro atoms. The molecule has 1 amide bonds. The fourth-order valence-corrected chi connectivity index (χ4v) is 2.69. The van der Waals surface area contributed by atoms with E-state index in [0.717, 1.165) is 11.3 Å². The Bertz CT molecular complexity index is 1030. The van der Waals surface area contributed by atoms with Crippen molar-refractivity contribution in [1.82, 2.24) is 15.1 Å². The lowest BCUT2D eigenvalue weighted by Gasteiger charge is -2.12. The molecule has 0 unspecified atom stereocenters. The second kappa shape index (κ2) is 9.60. The van der Waals surface area contributed by atoms with Crippen LogP contribution in [0.4, 0.5) is 0 Å². The van der Waals surface area contributed by atoms with Crippen molar-refractivity contribution < 1.29 is 23.4 Å². The molecule has 1 heterocycles. The van der Waals surface area contributed by atoms with Crippen LogP contribution in [-0.4, -0.2) is 49.4 Å². The molecule has 0 radical (unpaired) electrons. The molecule has 0 saturated heterocycles. The predicted molar refractivity (Wildman–Crippen MR) is 111 cm³/mol. The van der Waals surface area contributed by atoms with Gasteiger partial charge in [0, 0.05) is 18.7 Å². The zero-order valence-electron chi connectivity index (χ0n) is 17.3. The second-order valence-corrected chi connectivity index (χ2v) is 6.37. The molecule has 1 aromatic heterocycles. The highest BCUT2D eigenvalue weighted by atomic mass is 16.5. The summed E-state index contributed by atoms with van der Waals surface area (Å²) in [6.45, 7) is 0.187. The van der Waals surface area contributed by atoms with Crippen LogP contribution in [0.25, 0.3) is 17.5 Å². The average Bonchev–Trinajstić information content (AvgIpc) is 3.25. The van der Waals surface area contributed by atoms with Crippen molar-refractivity contribution in [1.29, 1.82) is 0 Å². The Kier molecular flexibility index (Phi) is 6.69. The maximum atomic E-state index is 12.4. The number of methoxy groups -OCH3 is 3. The molecule has 156 valence electrons. The third-order valence-electron chi connectivity index (χ3n) is 4.38.